The molecule has 0 aliphatic heterocycles. The van der Waals surface area contributed by atoms with Crippen molar-refractivity contribution in [2.75, 3.05) is 11.3 Å². The van der Waals surface area contributed by atoms with E-state index < -0.39 is 10.0 Å². The lowest BCUT2D eigenvalue weighted by Crippen LogP contribution is -2.17. The van der Waals surface area contributed by atoms with Crippen LogP contribution in [-0.4, -0.2) is 20.0 Å². The average Bonchev–Trinajstić information content (AvgIpc) is 3.30. The number of thiazole rings is 1. The van der Waals surface area contributed by atoms with Crippen molar-refractivity contribution < 1.29 is 17.5 Å². The van der Waals surface area contributed by atoms with E-state index in [0.717, 1.165) is 30.4 Å². The van der Waals surface area contributed by atoms with E-state index >= 15 is 0 Å². The Kier molecular flexibility index (Phi) is 6.53. The zero-order valence-corrected chi connectivity index (χ0v) is 18.6. The Hall–Kier alpha value is -3.22. The first-order valence-electron chi connectivity index (χ1n) is 10.0. The SMILES string of the molecule is N#Cc1cc(S(=O)(=O)Nc2cscn2)ccc1OCC1CCCC=C1c1ccc(F)cc1. The van der Waals surface area contributed by atoms with Crippen LogP contribution >= 0.6 is 11.3 Å². The van der Waals surface area contributed by atoms with Gasteiger partial charge in [0.1, 0.15) is 17.6 Å². The Balaban J connectivity index is 1.50. The van der Waals surface area contributed by atoms with Gasteiger partial charge in [0.2, 0.25) is 0 Å². The molecule has 1 unspecified atom stereocenters. The first-order valence-corrected chi connectivity index (χ1v) is 12.4. The standard InChI is InChI=1S/C23H20FN3O3S2/c24-19-7-5-16(6-8-19)21-4-2-1-3-17(21)13-30-22-10-9-20(11-18(22)12-25)32(28,29)27-23-14-31-15-26-23/h4-11,14-15,17,27H,1-3,13H2. The Labute approximate surface area is 190 Å². The predicted molar refractivity (Wildman–Crippen MR) is 121 cm³/mol. The molecule has 6 nitrogen and oxygen atoms in total. The Morgan fingerprint density at radius 1 is 1.25 bits per heavy atom. The van der Waals surface area contributed by atoms with Crippen LogP contribution < -0.4 is 9.46 Å². The van der Waals surface area contributed by atoms with E-state index in [2.05, 4.69) is 15.8 Å². The number of nitrogens with zero attached hydrogens (tertiary/aromatic N) is 2. The van der Waals surface area contributed by atoms with Crippen molar-refractivity contribution >= 4 is 32.8 Å². The maximum Gasteiger partial charge on any atom is 0.263 e. The van der Waals surface area contributed by atoms with Gasteiger partial charge >= 0.3 is 0 Å². The lowest BCUT2D eigenvalue weighted by Gasteiger charge is -2.25. The highest BCUT2D eigenvalue weighted by atomic mass is 32.2. The quantitative estimate of drug-likeness (QED) is 0.512. The highest BCUT2D eigenvalue weighted by Crippen LogP contribution is 2.34. The fourth-order valence-electron chi connectivity index (χ4n) is 3.65. The topological polar surface area (TPSA) is 92.1 Å². The summed E-state index contributed by atoms with van der Waals surface area (Å²) in [6, 6.07) is 12.6. The lowest BCUT2D eigenvalue weighted by molar-refractivity contribution is 0.268. The first-order chi connectivity index (χ1) is 15.5. The van der Waals surface area contributed by atoms with Crippen molar-refractivity contribution in [3.63, 3.8) is 0 Å². The number of rotatable bonds is 7. The smallest absolute Gasteiger partial charge is 0.263 e. The average molecular weight is 470 g/mol. The second-order valence-electron chi connectivity index (χ2n) is 7.35. The molecule has 0 saturated carbocycles. The largest absolute Gasteiger partial charge is 0.492 e. The number of sulfonamides is 1. The zero-order valence-electron chi connectivity index (χ0n) is 17.0. The van der Waals surface area contributed by atoms with Gasteiger partial charge in [-0.25, -0.2) is 17.8 Å². The van der Waals surface area contributed by atoms with E-state index in [1.54, 1.807) is 17.5 Å². The molecule has 164 valence electrons. The summed E-state index contributed by atoms with van der Waals surface area (Å²) in [5.74, 6) is 0.363. The van der Waals surface area contributed by atoms with Gasteiger partial charge in [-0.3, -0.25) is 4.72 Å². The zero-order chi connectivity index (χ0) is 22.6. The van der Waals surface area contributed by atoms with Crippen LogP contribution in [0.3, 0.4) is 0 Å². The molecule has 32 heavy (non-hydrogen) atoms. The highest BCUT2D eigenvalue weighted by molar-refractivity contribution is 7.92. The molecule has 1 atom stereocenters. The summed E-state index contributed by atoms with van der Waals surface area (Å²) in [4.78, 5) is 3.87. The van der Waals surface area contributed by atoms with Gasteiger partial charge in [0.25, 0.3) is 10.0 Å². The highest BCUT2D eigenvalue weighted by Gasteiger charge is 2.22. The summed E-state index contributed by atoms with van der Waals surface area (Å²) >= 11 is 1.27. The normalized spacial score (nSPS) is 16.1. The lowest BCUT2D eigenvalue weighted by atomic mass is 9.84. The van der Waals surface area contributed by atoms with Gasteiger partial charge in [0, 0.05) is 11.3 Å². The van der Waals surface area contributed by atoms with Crippen LogP contribution in [0.2, 0.25) is 0 Å². The number of halogens is 1. The van der Waals surface area contributed by atoms with E-state index in [4.69, 9.17) is 4.74 Å². The molecule has 0 radical (unpaired) electrons. The Morgan fingerprint density at radius 2 is 2.06 bits per heavy atom. The van der Waals surface area contributed by atoms with E-state index in [-0.39, 0.29) is 28.0 Å². The van der Waals surface area contributed by atoms with Crippen molar-refractivity contribution in [1.29, 1.82) is 5.26 Å². The van der Waals surface area contributed by atoms with Crippen molar-refractivity contribution in [1.82, 2.24) is 4.98 Å². The van der Waals surface area contributed by atoms with Gasteiger partial charge in [0.15, 0.2) is 5.82 Å². The van der Waals surface area contributed by atoms with Gasteiger partial charge in [-0.1, -0.05) is 18.2 Å². The second-order valence-corrected chi connectivity index (χ2v) is 9.76. The van der Waals surface area contributed by atoms with E-state index in [1.807, 2.05) is 6.07 Å². The van der Waals surface area contributed by atoms with Crippen LogP contribution in [0.4, 0.5) is 10.2 Å². The molecule has 0 saturated heterocycles. The minimum Gasteiger partial charge on any atom is -0.492 e. The van der Waals surface area contributed by atoms with Crippen LogP contribution in [0.1, 0.15) is 30.4 Å². The Morgan fingerprint density at radius 3 is 2.78 bits per heavy atom. The molecule has 0 fully saturated rings. The second kappa shape index (κ2) is 9.51. The van der Waals surface area contributed by atoms with Crippen LogP contribution in [0.15, 0.2) is 64.3 Å². The van der Waals surface area contributed by atoms with Gasteiger partial charge in [-0.05, 0) is 60.7 Å². The van der Waals surface area contributed by atoms with E-state index in [1.165, 1.54) is 47.2 Å². The summed E-state index contributed by atoms with van der Waals surface area (Å²) in [6.45, 7) is 0.334. The molecule has 9 heteroatoms. The molecule has 1 aliphatic carbocycles. The first kappa shape index (κ1) is 22.0. The minimum absolute atomic E-state index is 0.0426. The fraction of sp³-hybridized carbons (Fsp3) is 0.217. The maximum atomic E-state index is 13.3. The monoisotopic (exact) mass is 469 g/mol. The molecule has 4 rings (SSSR count). The van der Waals surface area contributed by atoms with Crippen LogP contribution in [0, 0.1) is 23.1 Å². The molecule has 1 N–H and O–H groups in total. The third kappa shape index (κ3) is 4.98. The van der Waals surface area contributed by atoms with E-state index in [0.29, 0.717) is 12.4 Å². The number of benzene rings is 2. The van der Waals surface area contributed by atoms with Crippen LogP contribution in [-0.2, 0) is 10.0 Å². The molecule has 3 aromatic rings. The number of ether oxygens (including phenoxy) is 1. The number of nitriles is 1. The number of allylic oxidation sites excluding steroid dienone is 1. The number of hydrogen-bond donors (Lipinski definition) is 1. The molecule has 1 aliphatic rings. The number of hydrogen-bond acceptors (Lipinski definition) is 6. The van der Waals surface area contributed by atoms with Crippen molar-refractivity contribution in [3.05, 3.63) is 76.4 Å². The fourth-order valence-corrected chi connectivity index (χ4v) is 5.24. The van der Waals surface area contributed by atoms with Gasteiger partial charge in [0.05, 0.1) is 22.6 Å². The third-order valence-corrected chi connectivity index (χ3v) is 7.17. The van der Waals surface area contributed by atoms with Gasteiger partial charge in [-0.2, -0.15) is 5.26 Å². The third-order valence-electron chi connectivity index (χ3n) is 5.23. The van der Waals surface area contributed by atoms with Gasteiger partial charge < -0.3 is 4.74 Å². The van der Waals surface area contributed by atoms with Crippen LogP contribution in [0.5, 0.6) is 5.75 Å². The summed E-state index contributed by atoms with van der Waals surface area (Å²) < 4.78 is 46.8. The number of aromatic nitrogens is 1. The maximum absolute atomic E-state index is 13.3. The molecule has 1 heterocycles. The van der Waals surface area contributed by atoms with Crippen LogP contribution in [0.25, 0.3) is 5.57 Å². The van der Waals surface area contributed by atoms with E-state index in [9.17, 15) is 18.1 Å². The molecular formula is C23H20FN3O3S2. The predicted octanol–water partition coefficient (Wildman–Crippen LogP) is 5.22. The number of anilines is 1. The molecule has 0 spiro atoms. The summed E-state index contributed by atoms with van der Waals surface area (Å²) in [7, 11) is -3.87. The van der Waals surface area contributed by atoms with Crippen molar-refractivity contribution in [2.24, 2.45) is 5.92 Å². The summed E-state index contributed by atoms with van der Waals surface area (Å²) in [5, 5.41) is 11.1. The molecule has 0 amide bonds. The number of nitrogens with one attached hydrogen (secondary N) is 1. The minimum atomic E-state index is -3.87. The Bertz CT molecular complexity index is 1260. The molecule has 0 bridgehead atoms. The molecule has 1 aromatic heterocycles. The van der Waals surface area contributed by atoms with Gasteiger partial charge in [-0.15, -0.1) is 11.3 Å². The summed E-state index contributed by atoms with van der Waals surface area (Å²) in [5.41, 5.74) is 3.71. The molecular weight excluding hydrogens is 449 g/mol. The van der Waals surface area contributed by atoms with Crippen molar-refractivity contribution in [3.8, 4) is 11.8 Å². The van der Waals surface area contributed by atoms with Crippen molar-refractivity contribution in [2.45, 2.75) is 24.2 Å². The molecule has 2 aromatic carbocycles. The summed E-state index contributed by atoms with van der Waals surface area (Å²) in [6.07, 6.45) is 5.03.